The van der Waals surface area contributed by atoms with Crippen LogP contribution in [0.4, 0.5) is 4.39 Å². The van der Waals surface area contributed by atoms with E-state index in [1.165, 1.54) is 12.1 Å². The van der Waals surface area contributed by atoms with Crippen LogP contribution in [0.15, 0.2) is 36.5 Å². The summed E-state index contributed by atoms with van der Waals surface area (Å²) in [4.78, 5) is 16.7. The van der Waals surface area contributed by atoms with Crippen LogP contribution in [0.5, 0.6) is 5.75 Å². The van der Waals surface area contributed by atoms with Gasteiger partial charge in [-0.15, -0.1) is 0 Å². The van der Waals surface area contributed by atoms with Gasteiger partial charge in [-0.25, -0.2) is 4.39 Å². The molecule has 2 aliphatic rings. The summed E-state index contributed by atoms with van der Waals surface area (Å²) in [6.07, 6.45) is 3.14. The molecule has 6 nitrogen and oxygen atoms in total. The van der Waals surface area contributed by atoms with E-state index in [1.54, 1.807) is 6.20 Å². The molecule has 1 aromatic carbocycles. The summed E-state index contributed by atoms with van der Waals surface area (Å²) in [6.45, 7) is 2.40. The van der Waals surface area contributed by atoms with E-state index in [4.69, 9.17) is 17.0 Å². The van der Waals surface area contributed by atoms with Crippen LogP contribution in [0.25, 0.3) is 11.3 Å². The van der Waals surface area contributed by atoms with Crippen LogP contribution in [0.1, 0.15) is 25.3 Å². The van der Waals surface area contributed by atoms with Crippen molar-refractivity contribution in [1.82, 2.24) is 20.9 Å². The molecule has 3 heterocycles. The second-order valence-corrected chi connectivity index (χ2v) is 7.97. The molecule has 0 spiro atoms. The first kappa shape index (κ1) is 19.6. The third-order valence-electron chi connectivity index (χ3n) is 5.11. The Labute approximate surface area is 174 Å². The number of pyridine rings is 1. The van der Waals surface area contributed by atoms with Crippen LogP contribution >= 0.6 is 12.2 Å². The largest absolute Gasteiger partial charge is 0.487 e. The third-order valence-corrected chi connectivity index (χ3v) is 5.35. The summed E-state index contributed by atoms with van der Waals surface area (Å²) in [7, 11) is 0. The van der Waals surface area contributed by atoms with E-state index >= 15 is 0 Å². The van der Waals surface area contributed by atoms with E-state index in [0.717, 1.165) is 12.0 Å². The van der Waals surface area contributed by atoms with Crippen LogP contribution in [-0.4, -0.2) is 40.7 Å². The second kappa shape index (κ2) is 8.32. The zero-order valence-corrected chi connectivity index (χ0v) is 16.9. The standard InChI is InChI=1S/C21H23FN4O2S/c1-12-6-15(26-21(29)25-12)10-19(27)24-11-16-8-13-7-14(22)9-17(20(13)28-16)18-4-2-3-5-23-18/h2-5,7,9,12,15-16H,6,8,10-11H2,1H3,(H,24,27)(H2,25,26,29)/t12-,15+,16?/m1/s1. The molecule has 2 aliphatic heterocycles. The topological polar surface area (TPSA) is 75.3 Å². The minimum Gasteiger partial charge on any atom is -0.487 e. The number of halogens is 1. The predicted molar refractivity (Wildman–Crippen MR) is 112 cm³/mol. The number of thiocarbonyl (C=S) groups is 1. The molecular formula is C21H23FN4O2S. The van der Waals surface area contributed by atoms with E-state index < -0.39 is 0 Å². The fraction of sp³-hybridized carbons (Fsp3) is 0.381. The molecular weight excluding hydrogens is 391 g/mol. The van der Waals surface area contributed by atoms with Gasteiger partial charge in [-0.2, -0.15) is 0 Å². The average Bonchev–Trinajstić information content (AvgIpc) is 3.08. The highest BCUT2D eigenvalue weighted by atomic mass is 32.1. The van der Waals surface area contributed by atoms with Gasteiger partial charge in [0.05, 0.1) is 12.2 Å². The summed E-state index contributed by atoms with van der Waals surface area (Å²) < 4.78 is 20.2. The number of aromatic nitrogens is 1. The molecule has 1 fully saturated rings. The van der Waals surface area contributed by atoms with Gasteiger partial charge in [-0.1, -0.05) is 6.07 Å². The Hall–Kier alpha value is -2.74. The summed E-state index contributed by atoms with van der Waals surface area (Å²) in [5.41, 5.74) is 2.09. The van der Waals surface area contributed by atoms with Crippen molar-refractivity contribution in [3.63, 3.8) is 0 Å². The van der Waals surface area contributed by atoms with E-state index in [2.05, 4.69) is 20.9 Å². The van der Waals surface area contributed by atoms with Crippen LogP contribution < -0.4 is 20.7 Å². The maximum atomic E-state index is 14.1. The van der Waals surface area contributed by atoms with Crippen molar-refractivity contribution in [2.75, 3.05) is 6.54 Å². The lowest BCUT2D eigenvalue weighted by Gasteiger charge is -2.30. The van der Waals surface area contributed by atoms with E-state index in [-0.39, 0.29) is 29.9 Å². The van der Waals surface area contributed by atoms with Crippen molar-refractivity contribution in [3.8, 4) is 17.0 Å². The maximum absolute atomic E-state index is 14.1. The Kier molecular flexibility index (Phi) is 5.62. The van der Waals surface area contributed by atoms with Crippen molar-refractivity contribution < 1.29 is 13.9 Å². The summed E-state index contributed by atoms with van der Waals surface area (Å²) in [5, 5.41) is 9.77. The molecule has 29 heavy (non-hydrogen) atoms. The van der Waals surface area contributed by atoms with Gasteiger partial charge >= 0.3 is 0 Å². The molecule has 1 amide bonds. The first-order valence-electron chi connectivity index (χ1n) is 9.72. The van der Waals surface area contributed by atoms with Crippen molar-refractivity contribution >= 4 is 23.2 Å². The number of amides is 1. The number of rotatable bonds is 5. The average molecular weight is 415 g/mol. The van der Waals surface area contributed by atoms with Gasteiger partial charge in [0.2, 0.25) is 5.91 Å². The Balaban J connectivity index is 1.36. The normalized spacial score (nSPS) is 22.8. The molecule has 3 N–H and O–H groups in total. The molecule has 1 unspecified atom stereocenters. The Bertz CT molecular complexity index is 924. The summed E-state index contributed by atoms with van der Waals surface area (Å²) in [6, 6.07) is 8.69. The molecule has 0 aliphatic carbocycles. The Morgan fingerprint density at radius 1 is 1.38 bits per heavy atom. The van der Waals surface area contributed by atoms with Gasteiger partial charge in [0.15, 0.2) is 5.11 Å². The van der Waals surface area contributed by atoms with Gasteiger partial charge in [0.1, 0.15) is 17.7 Å². The SMILES string of the molecule is C[C@@H]1C[C@@H](CC(=O)NCC2Cc3cc(F)cc(-c4ccccn4)c3O2)NC(=S)N1. The van der Waals surface area contributed by atoms with Crippen LogP contribution in [0, 0.1) is 5.82 Å². The Morgan fingerprint density at radius 3 is 3.00 bits per heavy atom. The highest BCUT2D eigenvalue weighted by Crippen LogP contribution is 2.38. The third kappa shape index (κ3) is 4.64. The first-order valence-corrected chi connectivity index (χ1v) is 10.1. The van der Waals surface area contributed by atoms with Gasteiger partial charge in [0, 0.05) is 42.2 Å². The molecule has 1 aromatic heterocycles. The number of hydrogen-bond acceptors (Lipinski definition) is 4. The van der Waals surface area contributed by atoms with E-state index in [1.807, 2.05) is 25.1 Å². The van der Waals surface area contributed by atoms with Crippen LogP contribution in [0.2, 0.25) is 0 Å². The van der Waals surface area contributed by atoms with Gasteiger partial charge in [-0.05, 0) is 49.8 Å². The number of carbonyl (C=O) groups excluding carboxylic acids is 1. The molecule has 152 valence electrons. The number of hydrogen-bond donors (Lipinski definition) is 3. The lowest BCUT2D eigenvalue weighted by Crippen LogP contribution is -2.54. The molecule has 0 radical (unpaired) electrons. The minimum absolute atomic E-state index is 0.0188. The van der Waals surface area contributed by atoms with Gasteiger partial charge in [0.25, 0.3) is 0 Å². The quantitative estimate of drug-likeness (QED) is 0.652. The Morgan fingerprint density at radius 2 is 2.24 bits per heavy atom. The predicted octanol–water partition coefficient (Wildman–Crippen LogP) is 2.32. The monoisotopic (exact) mass is 414 g/mol. The van der Waals surface area contributed by atoms with E-state index in [0.29, 0.717) is 41.5 Å². The summed E-state index contributed by atoms with van der Waals surface area (Å²) >= 11 is 5.16. The van der Waals surface area contributed by atoms with Crippen LogP contribution in [-0.2, 0) is 11.2 Å². The molecule has 1 saturated heterocycles. The highest BCUT2D eigenvalue weighted by molar-refractivity contribution is 7.80. The molecule has 3 atom stereocenters. The first-order chi connectivity index (χ1) is 14.0. The smallest absolute Gasteiger partial charge is 0.222 e. The molecule has 4 rings (SSSR count). The maximum Gasteiger partial charge on any atom is 0.222 e. The van der Waals surface area contributed by atoms with Crippen molar-refractivity contribution in [1.29, 1.82) is 0 Å². The number of nitrogens with one attached hydrogen (secondary N) is 3. The van der Waals surface area contributed by atoms with Crippen LogP contribution in [0.3, 0.4) is 0 Å². The van der Waals surface area contributed by atoms with E-state index in [9.17, 15) is 9.18 Å². The number of fused-ring (bicyclic) bond motifs is 1. The lowest BCUT2D eigenvalue weighted by atomic mass is 10.0. The zero-order chi connectivity index (χ0) is 20.4. The molecule has 8 heteroatoms. The van der Waals surface area contributed by atoms with Crippen molar-refractivity contribution in [2.24, 2.45) is 0 Å². The highest BCUT2D eigenvalue weighted by Gasteiger charge is 2.28. The van der Waals surface area contributed by atoms with Crippen molar-refractivity contribution in [3.05, 3.63) is 47.9 Å². The number of benzene rings is 1. The number of ether oxygens (including phenoxy) is 1. The molecule has 0 saturated carbocycles. The molecule has 0 bridgehead atoms. The minimum atomic E-state index is -0.320. The fourth-order valence-corrected chi connectivity index (χ4v) is 4.24. The lowest BCUT2D eigenvalue weighted by molar-refractivity contribution is -0.121. The molecule has 2 aromatic rings. The second-order valence-electron chi connectivity index (χ2n) is 7.56. The summed E-state index contributed by atoms with van der Waals surface area (Å²) in [5.74, 6) is 0.262. The van der Waals surface area contributed by atoms with Crippen molar-refractivity contribution in [2.45, 2.75) is 44.4 Å². The fourth-order valence-electron chi connectivity index (χ4n) is 3.87. The zero-order valence-electron chi connectivity index (χ0n) is 16.1. The number of nitrogens with zero attached hydrogens (tertiary/aromatic N) is 1. The number of carbonyl (C=O) groups is 1. The van der Waals surface area contributed by atoms with Gasteiger partial charge in [-0.3, -0.25) is 9.78 Å². The van der Waals surface area contributed by atoms with Gasteiger partial charge < -0.3 is 20.7 Å².